The highest BCUT2D eigenvalue weighted by Crippen LogP contribution is 2.20. The van der Waals surface area contributed by atoms with Crippen molar-refractivity contribution in [3.8, 4) is 0 Å². The fourth-order valence-electron chi connectivity index (χ4n) is 2.13. The Balaban J connectivity index is 2.13. The van der Waals surface area contributed by atoms with Crippen molar-refractivity contribution in [2.45, 2.75) is 25.3 Å². The number of amides is 2. The number of anilines is 1. The van der Waals surface area contributed by atoms with Crippen LogP contribution in [0.15, 0.2) is 24.3 Å². The lowest BCUT2D eigenvalue weighted by molar-refractivity contribution is -0.121. The number of ether oxygens (including phenoxy) is 1. The Morgan fingerprint density at radius 2 is 2.14 bits per heavy atom. The number of carbonyl (C=O) groups excluding carboxylic acids is 2. The van der Waals surface area contributed by atoms with Crippen molar-refractivity contribution in [1.82, 2.24) is 5.32 Å². The lowest BCUT2D eigenvalue weighted by Gasteiger charge is -2.21. The topological polar surface area (TPSA) is 93.5 Å². The zero-order chi connectivity index (χ0) is 15.3. The quantitative estimate of drug-likeness (QED) is 0.751. The van der Waals surface area contributed by atoms with Gasteiger partial charge in [-0.25, -0.2) is 0 Å². The molecule has 0 saturated carbocycles. The average Bonchev–Trinajstić information content (AvgIpc) is 2.93. The molecule has 6 heteroatoms. The molecule has 21 heavy (non-hydrogen) atoms. The van der Waals surface area contributed by atoms with Gasteiger partial charge in [0.1, 0.15) is 5.54 Å². The van der Waals surface area contributed by atoms with E-state index in [2.05, 4.69) is 10.6 Å². The first-order valence-corrected chi connectivity index (χ1v) is 7.12. The fourth-order valence-corrected chi connectivity index (χ4v) is 2.13. The normalized spacial score (nSPS) is 21.0. The molecular formula is C15H21N3O3. The van der Waals surface area contributed by atoms with Crippen LogP contribution in [0.2, 0.25) is 0 Å². The van der Waals surface area contributed by atoms with Crippen LogP contribution in [-0.2, 0) is 9.53 Å². The Kier molecular flexibility index (Phi) is 4.93. The third-order valence-electron chi connectivity index (χ3n) is 3.46. The van der Waals surface area contributed by atoms with E-state index in [4.69, 9.17) is 10.5 Å². The maximum Gasteiger partial charge on any atom is 0.253 e. The van der Waals surface area contributed by atoms with Crippen LogP contribution in [0.4, 0.5) is 5.69 Å². The van der Waals surface area contributed by atoms with Crippen LogP contribution in [0, 0.1) is 0 Å². The molecule has 1 aliphatic heterocycles. The van der Waals surface area contributed by atoms with E-state index in [1.807, 2.05) is 6.92 Å². The van der Waals surface area contributed by atoms with Crippen molar-refractivity contribution >= 4 is 17.5 Å². The van der Waals surface area contributed by atoms with Gasteiger partial charge in [-0.3, -0.25) is 9.59 Å². The summed E-state index contributed by atoms with van der Waals surface area (Å²) in [4.78, 5) is 24.4. The molecule has 0 aromatic heterocycles. The number of hydrogen-bond donors (Lipinski definition) is 3. The van der Waals surface area contributed by atoms with Crippen LogP contribution in [0.5, 0.6) is 0 Å². The average molecular weight is 291 g/mol. The number of para-hydroxylation sites is 1. The molecule has 1 saturated heterocycles. The minimum absolute atomic E-state index is 0.197. The number of nitrogens with one attached hydrogen (secondary N) is 2. The number of hydrogen-bond acceptors (Lipinski definition) is 4. The van der Waals surface area contributed by atoms with Gasteiger partial charge in [0.05, 0.1) is 17.9 Å². The van der Waals surface area contributed by atoms with E-state index in [0.29, 0.717) is 30.8 Å². The SMILES string of the molecule is CCCNC(=O)c1ccccc1NC(=O)C1(N)CCOC1. The van der Waals surface area contributed by atoms with E-state index in [0.717, 1.165) is 6.42 Å². The van der Waals surface area contributed by atoms with Gasteiger partial charge in [-0.1, -0.05) is 19.1 Å². The smallest absolute Gasteiger partial charge is 0.253 e. The van der Waals surface area contributed by atoms with Gasteiger partial charge in [-0.15, -0.1) is 0 Å². The van der Waals surface area contributed by atoms with Crippen LogP contribution in [0.3, 0.4) is 0 Å². The second kappa shape index (κ2) is 6.69. The van der Waals surface area contributed by atoms with E-state index in [9.17, 15) is 9.59 Å². The highest BCUT2D eigenvalue weighted by molar-refractivity contribution is 6.06. The zero-order valence-corrected chi connectivity index (χ0v) is 12.1. The van der Waals surface area contributed by atoms with E-state index in [1.54, 1.807) is 24.3 Å². The first kappa shape index (κ1) is 15.5. The van der Waals surface area contributed by atoms with E-state index in [1.165, 1.54) is 0 Å². The third-order valence-corrected chi connectivity index (χ3v) is 3.46. The summed E-state index contributed by atoms with van der Waals surface area (Å²) in [7, 11) is 0. The summed E-state index contributed by atoms with van der Waals surface area (Å²) < 4.78 is 5.18. The van der Waals surface area contributed by atoms with Crippen LogP contribution in [0.1, 0.15) is 30.1 Å². The summed E-state index contributed by atoms with van der Waals surface area (Å²) in [5.74, 6) is -0.530. The summed E-state index contributed by atoms with van der Waals surface area (Å²) in [6.07, 6.45) is 1.33. The molecule has 1 unspecified atom stereocenters. The molecule has 114 valence electrons. The van der Waals surface area contributed by atoms with Crippen LogP contribution >= 0.6 is 0 Å². The number of benzene rings is 1. The predicted octanol–water partition coefficient (Wildman–Crippen LogP) is 0.883. The number of nitrogens with two attached hydrogens (primary N) is 1. The molecule has 1 aliphatic rings. The first-order valence-electron chi connectivity index (χ1n) is 7.12. The highest BCUT2D eigenvalue weighted by Gasteiger charge is 2.38. The zero-order valence-electron chi connectivity index (χ0n) is 12.1. The van der Waals surface area contributed by atoms with Crippen molar-refractivity contribution in [2.75, 3.05) is 25.1 Å². The molecule has 6 nitrogen and oxygen atoms in total. The van der Waals surface area contributed by atoms with Gasteiger partial charge in [0.2, 0.25) is 5.91 Å². The van der Waals surface area contributed by atoms with Crippen molar-refractivity contribution in [3.63, 3.8) is 0 Å². The number of carbonyl (C=O) groups is 2. The Hall–Kier alpha value is -1.92. The van der Waals surface area contributed by atoms with Gasteiger partial charge in [0.15, 0.2) is 0 Å². The molecular weight excluding hydrogens is 270 g/mol. The molecule has 1 atom stereocenters. The molecule has 0 bridgehead atoms. The second-order valence-corrected chi connectivity index (χ2v) is 5.21. The van der Waals surface area contributed by atoms with Crippen LogP contribution in [-0.4, -0.2) is 37.1 Å². The van der Waals surface area contributed by atoms with Crippen molar-refractivity contribution in [3.05, 3.63) is 29.8 Å². The summed E-state index contributed by atoms with van der Waals surface area (Å²) >= 11 is 0. The maximum absolute atomic E-state index is 12.3. The summed E-state index contributed by atoms with van der Waals surface area (Å²) in [5, 5.41) is 5.54. The van der Waals surface area contributed by atoms with Gasteiger partial charge in [-0.2, -0.15) is 0 Å². The standard InChI is InChI=1S/C15H21N3O3/c1-2-8-17-13(19)11-5-3-4-6-12(11)18-14(20)15(16)7-9-21-10-15/h3-6H,2,7-10,16H2,1H3,(H,17,19)(H,18,20). The fraction of sp³-hybridized carbons (Fsp3) is 0.467. The van der Waals surface area contributed by atoms with E-state index in [-0.39, 0.29) is 18.4 Å². The van der Waals surface area contributed by atoms with Gasteiger partial charge < -0.3 is 21.1 Å². The Morgan fingerprint density at radius 3 is 2.81 bits per heavy atom. The lowest BCUT2D eigenvalue weighted by atomic mass is 9.99. The van der Waals surface area contributed by atoms with E-state index < -0.39 is 5.54 Å². The highest BCUT2D eigenvalue weighted by atomic mass is 16.5. The minimum atomic E-state index is -1.02. The minimum Gasteiger partial charge on any atom is -0.379 e. The molecule has 1 aromatic carbocycles. The van der Waals surface area contributed by atoms with Crippen molar-refractivity contribution in [1.29, 1.82) is 0 Å². The van der Waals surface area contributed by atoms with Crippen LogP contribution in [0.25, 0.3) is 0 Å². The summed E-state index contributed by atoms with van der Waals surface area (Å²) in [5.41, 5.74) is 5.90. The molecule has 0 aliphatic carbocycles. The van der Waals surface area contributed by atoms with Crippen LogP contribution < -0.4 is 16.4 Å². The van der Waals surface area contributed by atoms with Crippen molar-refractivity contribution in [2.24, 2.45) is 5.73 Å². The van der Waals surface area contributed by atoms with Gasteiger partial charge >= 0.3 is 0 Å². The largest absolute Gasteiger partial charge is 0.379 e. The molecule has 0 spiro atoms. The molecule has 1 aromatic rings. The second-order valence-electron chi connectivity index (χ2n) is 5.21. The molecule has 0 radical (unpaired) electrons. The molecule has 2 rings (SSSR count). The lowest BCUT2D eigenvalue weighted by Crippen LogP contribution is -2.51. The Labute approximate surface area is 124 Å². The van der Waals surface area contributed by atoms with Gasteiger partial charge in [0, 0.05) is 13.2 Å². The molecule has 1 heterocycles. The van der Waals surface area contributed by atoms with E-state index >= 15 is 0 Å². The maximum atomic E-state index is 12.3. The first-order chi connectivity index (χ1) is 10.1. The van der Waals surface area contributed by atoms with Gasteiger partial charge in [-0.05, 0) is 25.0 Å². The summed E-state index contributed by atoms with van der Waals surface area (Å²) in [6, 6.07) is 6.89. The molecule has 2 amide bonds. The third kappa shape index (κ3) is 3.59. The predicted molar refractivity (Wildman–Crippen MR) is 80.1 cm³/mol. The Morgan fingerprint density at radius 1 is 1.38 bits per heavy atom. The van der Waals surface area contributed by atoms with Crippen molar-refractivity contribution < 1.29 is 14.3 Å². The van der Waals surface area contributed by atoms with Gasteiger partial charge in [0.25, 0.3) is 5.91 Å². The molecule has 1 fully saturated rings. The molecule has 4 N–H and O–H groups in total. The monoisotopic (exact) mass is 291 g/mol. The number of rotatable bonds is 5. The summed E-state index contributed by atoms with van der Waals surface area (Å²) in [6.45, 7) is 3.24. The Bertz CT molecular complexity index is 525.